The first-order chi connectivity index (χ1) is 11.2. The Bertz CT molecular complexity index is 638. The third-order valence-corrected chi connectivity index (χ3v) is 5.31. The standard InChI is InChI=1S/C17H24N4OS/c1-21-10-8-13(12-21)11-19-17(22)18-9-4-7-16-20-14-5-2-3-6-15(14)23-16/h8,10,12H,2-7,9,11H2,1H3,(H2,18,19,22). The van der Waals surface area contributed by atoms with Crippen molar-refractivity contribution in [3.05, 3.63) is 39.6 Å². The summed E-state index contributed by atoms with van der Waals surface area (Å²) in [6, 6.07) is 1.90. The second-order valence-corrected chi connectivity index (χ2v) is 7.25. The van der Waals surface area contributed by atoms with Crippen LogP contribution in [0.1, 0.15) is 40.4 Å². The number of hydrogen-bond acceptors (Lipinski definition) is 3. The third-order valence-electron chi connectivity index (χ3n) is 4.09. The Hall–Kier alpha value is -1.82. The summed E-state index contributed by atoms with van der Waals surface area (Å²) in [6.07, 6.45) is 10.8. The van der Waals surface area contributed by atoms with Gasteiger partial charge in [-0.05, 0) is 43.7 Å². The minimum atomic E-state index is -0.104. The highest BCUT2D eigenvalue weighted by Crippen LogP contribution is 2.27. The second kappa shape index (κ2) is 7.64. The Morgan fingerprint density at radius 3 is 3.00 bits per heavy atom. The van der Waals surface area contributed by atoms with Gasteiger partial charge in [0, 0.05) is 43.8 Å². The molecule has 124 valence electrons. The molecule has 2 N–H and O–H groups in total. The SMILES string of the molecule is Cn1ccc(CNC(=O)NCCCc2nc3c(s2)CCCC3)c1. The van der Waals surface area contributed by atoms with Crippen LogP contribution in [0.3, 0.4) is 0 Å². The van der Waals surface area contributed by atoms with Gasteiger partial charge in [0.2, 0.25) is 0 Å². The number of aryl methyl sites for hydroxylation is 4. The molecule has 1 aliphatic carbocycles. The van der Waals surface area contributed by atoms with Gasteiger partial charge < -0.3 is 15.2 Å². The number of urea groups is 1. The molecule has 0 spiro atoms. The van der Waals surface area contributed by atoms with Crippen molar-refractivity contribution in [2.24, 2.45) is 7.05 Å². The van der Waals surface area contributed by atoms with Crippen LogP contribution in [0.25, 0.3) is 0 Å². The molecule has 1 aliphatic rings. The van der Waals surface area contributed by atoms with E-state index in [-0.39, 0.29) is 6.03 Å². The largest absolute Gasteiger partial charge is 0.357 e. The fourth-order valence-corrected chi connectivity index (χ4v) is 4.06. The minimum Gasteiger partial charge on any atom is -0.357 e. The van der Waals surface area contributed by atoms with E-state index in [1.807, 2.05) is 41.4 Å². The summed E-state index contributed by atoms with van der Waals surface area (Å²) in [6.45, 7) is 1.25. The van der Waals surface area contributed by atoms with Crippen LogP contribution in [0.4, 0.5) is 4.79 Å². The maximum atomic E-state index is 11.8. The lowest BCUT2D eigenvalue weighted by molar-refractivity contribution is 0.240. The predicted octanol–water partition coefficient (Wildman–Crippen LogP) is 2.79. The number of amides is 2. The first-order valence-electron chi connectivity index (χ1n) is 8.31. The Morgan fingerprint density at radius 1 is 1.35 bits per heavy atom. The van der Waals surface area contributed by atoms with Crippen molar-refractivity contribution in [3.8, 4) is 0 Å². The zero-order valence-electron chi connectivity index (χ0n) is 13.6. The molecule has 0 atom stereocenters. The molecule has 2 heterocycles. The predicted molar refractivity (Wildman–Crippen MR) is 92.7 cm³/mol. The van der Waals surface area contributed by atoms with E-state index in [2.05, 4.69) is 10.6 Å². The van der Waals surface area contributed by atoms with Crippen LogP contribution < -0.4 is 10.6 Å². The molecule has 0 radical (unpaired) electrons. The molecule has 6 heteroatoms. The molecule has 2 amide bonds. The van der Waals surface area contributed by atoms with Gasteiger partial charge in [0.15, 0.2) is 0 Å². The highest BCUT2D eigenvalue weighted by atomic mass is 32.1. The maximum absolute atomic E-state index is 11.8. The quantitative estimate of drug-likeness (QED) is 0.799. The summed E-state index contributed by atoms with van der Waals surface area (Å²) in [5.41, 5.74) is 2.43. The summed E-state index contributed by atoms with van der Waals surface area (Å²) in [5, 5.41) is 7.01. The van der Waals surface area contributed by atoms with Gasteiger partial charge in [0.25, 0.3) is 0 Å². The lowest BCUT2D eigenvalue weighted by Crippen LogP contribution is -2.35. The van der Waals surface area contributed by atoms with Gasteiger partial charge in [-0.15, -0.1) is 11.3 Å². The van der Waals surface area contributed by atoms with Gasteiger partial charge in [0.1, 0.15) is 0 Å². The number of rotatable bonds is 6. The Balaban J connectivity index is 1.33. The van der Waals surface area contributed by atoms with Crippen LogP contribution in [-0.4, -0.2) is 22.1 Å². The van der Waals surface area contributed by atoms with E-state index in [4.69, 9.17) is 4.98 Å². The van der Waals surface area contributed by atoms with Gasteiger partial charge in [-0.25, -0.2) is 9.78 Å². The number of thiazole rings is 1. The van der Waals surface area contributed by atoms with E-state index >= 15 is 0 Å². The molecule has 2 aromatic heterocycles. The van der Waals surface area contributed by atoms with E-state index in [1.165, 1.54) is 34.8 Å². The second-order valence-electron chi connectivity index (χ2n) is 6.08. The van der Waals surface area contributed by atoms with Crippen molar-refractivity contribution in [1.29, 1.82) is 0 Å². The number of fused-ring (bicyclic) bond motifs is 1. The number of carbonyl (C=O) groups excluding carboxylic acids is 1. The summed E-state index contributed by atoms with van der Waals surface area (Å²) in [5.74, 6) is 0. The van der Waals surface area contributed by atoms with Gasteiger partial charge >= 0.3 is 6.03 Å². The van der Waals surface area contributed by atoms with Gasteiger partial charge in [-0.3, -0.25) is 0 Å². The van der Waals surface area contributed by atoms with Crippen LogP contribution in [0.15, 0.2) is 18.5 Å². The topological polar surface area (TPSA) is 59.0 Å². The Kier molecular flexibility index (Phi) is 5.33. The van der Waals surface area contributed by atoms with Crippen LogP contribution >= 0.6 is 11.3 Å². The first kappa shape index (κ1) is 16.1. The van der Waals surface area contributed by atoms with Crippen molar-refractivity contribution in [2.75, 3.05) is 6.54 Å². The average Bonchev–Trinajstić information content (AvgIpc) is 3.15. The monoisotopic (exact) mass is 332 g/mol. The highest BCUT2D eigenvalue weighted by Gasteiger charge is 2.14. The molecule has 0 bridgehead atoms. The molecule has 0 aliphatic heterocycles. The van der Waals surface area contributed by atoms with E-state index in [0.717, 1.165) is 24.8 Å². The fourth-order valence-electron chi connectivity index (χ4n) is 2.86. The molecule has 0 aromatic carbocycles. The number of aromatic nitrogens is 2. The molecule has 0 saturated carbocycles. The van der Waals surface area contributed by atoms with Crippen LogP contribution in [0.5, 0.6) is 0 Å². The van der Waals surface area contributed by atoms with Crippen molar-refractivity contribution < 1.29 is 4.79 Å². The average molecular weight is 332 g/mol. The van der Waals surface area contributed by atoms with Crippen LogP contribution in [-0.2, 0) is 32.9 Å². The van der Waals surface area contributed by atoms with Crippen LogP contribution in [0, 0.1) is 0 Å². The lowest BCUT2D eigenvalue weighted by atomic mass is 10.0. The summed E-state index contributed by atoms with van der Waals surface area (Å²) in [4.78, 5) is 18.0. The number of nitrogens with one attached hydrogen (secondary N) is 2. The van der Waals surface area contributed by atoms with Gasteiger partial charge in [0.05, 0.1) is 10.7 Å². The van der Waals surface area contributed by atoms with Crippen molar-refractivity contribution in [1.82, 2.24) is 20.2 Å². The minimum absolute atomic E-state index is 0.104. The molecule has 3 rings (SSSR count). The Labute approximate surface area is 141 Å². The van der Waals surface area contributed by atoms with Gasteiger partial charge in [-0.2, -0.15) is 0 Å². The third kappa shape index (κ3) is 4.58. The summed E-state index contributed by atoms with van der Waals surface area (Å²) < 4.78 is 1.97. The van der Waals surface area contributed by atoms with Gasteiger partial charge in [-0.1, -0.05) is 0 Å². The Morgan fingerprint density at radius 2 is 2.22 bits per heavy atom. The molecule has 23 heavy (non-hydrogen) atoms. The maximum Gasteiger partial charge on any atom is 0.315 e. The van der Waals surface area contributed by atoms with E-state index in [1.54, 1.807) is 0 Å². The molecule has 0 unspecified atom stereocenters. The fraction of sp³-hybridized carbons (Fsp3) is 0.529. The highest BCUT2D eigenvalue weighted by molar-refractivity contribution is 7.11. The summed E-state index contributed by atoms with van der Waals surface area (Å²) in [7, 11) is 1.97. The number of nitrogens with zero attached hydrogens (tertiary/aromatic N) is 2. The smallest absolute Gasteiger partial charge is 0.315 e. The molecular formula is C17H24N4OS. The molecular weight excluding hydrogens is 308 g/mol. The lowest BCUT2D eigenvalue weighted by Gasteiger charge is -2.06. The zero-order chi connectivity index (χ0) is 16.1. The molecule has 5 nitrogen and oxygen atoms in total. The van der Waals surface area contributed by atoms with Crippen molar-refractivity contribution in [3.63, 3.8) is 0 Å². The van der Waals surface area contributed by atoms with Crippen molar-refractivity contribution in [2.45, 2.75) is 45.1 Å². The number of carbonyl (C=O) groups is 1. The van der Waals surface area contributed by atoms with E-state index < -0.39 is 0 Å². The molecule has 0 fully saturated rings. The van der Waals surface area contributed by atoms with Crippen LogP contribution in [0.2, 0.25) is 0 Å². The van der Waals surface area contributed by atoms with E-state index in [0.29, 0.717) is 13.1 Å². The molecule has 0 saturated heterocycles. The van der Waals surface area contributed by atoms with E-state index in [9.17, 15) is 4.79 Å². The first-order valence-corrected chi connectivity index (χ1v) is 9.12. The normalized spacial score (nSPS) is 13.6. The molecule has 2 aromatic rings. The zero-order valence-corrected chi connectivity index (χ0v) is 14.4. The number of hydrogen-bond donors (Lipinski definition) is 2. The summed E-state index contributed by atoms with van der Waals surface area (Å²) >= 11 is 1.86. The van der Waals surface area contributed by atoms with Crippen molar-refractivity contribution >= 4 is 17.4 Å².